The SMILES string of the molecule is CCCOc1ccc(C2c3c(oc4ccc(F)cc4c3=O)C(=O)N2CCN(C)C)cc1. The van der Waals surface area contributed by atoms with Gasteiger partial charge in [-0.1, -0.05) is 19.1 Å². The summed E-state index contributed by atoms with van der Waals surface area (Å²) in [6.45, 7) is 3.68. The normalized spacial score (nSPS) is 15.7. The summed E-state index contributed by atoms with van der Waals surface area (Å²) in [4.78, 5) is 30.2. The maximum atomic E-state index is 13.8. The zero-order chi connectivity index (χ0) is 22.1. The maximum absolute atomic E-state index is 13.8. The molecule has 1 aliphatic rings. The van der Waals surface area contributed by atoms with Crippen LogP contribution in [-0.2, 0) is 0 Å². The predicted octanol–water partition coefficient (Wildman–Crippen LogP) is 3.83. The summed E-state index contributed by atoms with van der Waals surface area (Å²) in [5, 5.41) is 0.133. The van der Waals surface area contributed by atoms with E-state index in [2.05, 4.69) is 0 Å². The van der Waals surface area contributed by atoms with Crippen molar-refractivity contribution in [3.8, 4) is 5.75 Å². The summed E-state index contributed by atoms with van der Waals surface area (Å²) in [5.41, 5.74) is 0.852. The average molecular weight is 424 g/mol. The molecular formula is C24H25FN2O4. The van der Waals surface area contributed by atoms with Gasteiger partial charge >= 0.3 is 0 Å². The summed E-state index contributed by atoms with van der Waals surface area (Å²) in [6.07, 6.45) is 0.898. The first kappa shape index (κ1) is 21.1. The lowest BCUT2D eigenvalue weighted by Gasteiger charge is -2.26. The van der Waals surface area contributed by atoms with Crippen molar-refractivity contribution in [3.63, 3.8) is 0 Å². The lowest BCUT2D eigenvalue weighted by atomic mass is 9.98. The van der Waals surface area contributed by atoms with Gasteiger partial charge in [0.25, 0.3) is 5.91 Å². The van der Waals surface area contributed by atoms with Crippen molar-refractivity contribution < 1.29 is 18.3 Å². The van der Waals surface area contributed by atoms with Crippen LogP contribution in [-0.4, -0.2) is 49.5 Å². The third-order valence-electron chi connectivity index (χ3n) is 5.38. The number of likely N-dealkylation sites (N-methyl/N-ethyl adjacent to an activating group) is 1. The number of fused-ring (bicyclic) bond motifs is 2. The fraction of sp³-hybridized carbons (Fsp3) is 0.333. The van der Waals surface area contributed by atoms with E-state index in [9.17, 15) is 14.0 Å². The molecule has 0 aliphatic carbocycles. The van der Waals surface area contributed by atoms with Gasteiger partial charge in [0.15, 0.2) is 5.43 Å². The minimum absolute atomic E-state index is 0.0270. The zero-order valence-electron chi connectivity index (χ0n) is 17.9. The molecule has 0 N–H and O–H groups in total. The Morgan fingerprint density at radius 1 is 1.13 bits per heavy atom. The fourth-order valence-corrected chi connectivity index (χ4v) is 3.84. The first-order valence-corrected chi connectivity index (χ1v) is 10.4. The van der Waals surface area contributed by atoms with Gasteiger partial charge in [-0.05, 0) is 56.4 Å². The van der Waals surface area contributed by atoms with Crippen LogP contribution < -0.4 is 10.2 Å². The Labute approximate surface area is 179 Å². The van der Waals surface area contributed by atoms with Gasteiger partial charge in [-0.25, -0.2) is 4.39 Å². The van der Waals surface area contributed by atoms with Gasteiger partial charge in [-0.3, -0.25) is 9.59 Å². The Hall–Kier alpha value is -3.19. The van der Waals surface area contributed by atoms with E-state index < -0.39 is 11.9 Å². The van der Waals surface area contributed by atoms with E-state index in [1.165, 1.54) is 12.1 Å². The molecule has 1 aliphatic heterocycles. The molecule has 2 aromatic carbocycles. The largest absolute Gasteiger partial charge is 0.494 e. The Morgan fingerprint density at radius 2 is 1.87 bits per heavy atom. The number of carbonyl (C=O) groups excluding carboxylic acids is 1. The van der Waals surface area contributed by atoms with Crippen LogP contribution in [0.1, 0.15) is 41.1 Å². The van der Waals surface area contributed by atoms with Gasteiger partial charge in [0.1, 0.15) is 17.1 Å². The number of halogens is 1. The third-order valence-corrected chi connectivity index (χ3v) is 5.38. The number of benzene rings is 2. The molecule has 1 aromatic heterocycles. The van der Waals surface area contributed by atoms with Crippen molar-refractivity contribution in [1.29, 1.82) is 0 Å². The second-order valence-corrected chi connectivity index (χ2v) is 7.94. The number of amides is 1. The fourth-order valence-electron chi connectivity index (χ4n) is 3.84. The lowest BCUT2D eigenvalue weighted by Crippen LogP contribution is -2.35. The number of hydrogen-bond donors (Lipinski definition) is 0. The number of ether oxygens (including phenoxy) is 1. The summed E-state index contributed by atoms with van der Waals surface area (Å²) in [7, 11) is 3.84. The van der Waals surface area contributed by atoms with E-state index in [0.717, 1.165) is 23.8 Å². The van der Waals surface area contributed by atoms with E-state index in [4.69, 9.17) is 9.15 Å². The van der Waals surface area contributed by atoms with Crippen LogP contribution in [0.3, 0.4) is 0 Å². The van der Waals surface area contributed by atoms with Crippen LogP contribution in [0.25, 0.3) is 11.0 Å². The Balaban J connectivity index is 1.84. The minimum Gasteiger partial charge on any atom is -0.494 e. The van der Waals surface area contributed by atoms with E-state index in [1.807, 2.05) is 50.2 Å². The molecule has 0 fully saturated rings. The van der Waals surface area contributed by atoms with Crippen molar-refractivity contribution in [3.05, 3.63) is 75.4 Å². The topological polar surface area (TPSA) is 63.0 Å². The van der Waals surface area contributed by atoms with E-state index in [-0.39, 0.29) is 33.6 Å². The summed E-state index contributed by atoms with van der Waals surface area (Å²) in [6, 6.07) is 10.5. The molecule has 0 saturated carbocycles. The molecule has 1 unspecified atom stereocenters. The van der Waals surface area contributed by atoms with Crippen LogP contribution in [0.5, 0.6) is 5.75 Å². The quantitative estimate of drug-likeness (QED) is 0.577. The molecule has 1 amide bonds. The standard InChI is InChI=1S/C24H25FN2O4/c1-4-13-30-17-8-5-15(6-9-17)21-20-22(28)18-14-16(25)7-10-19(18)31-23(20)24(29)27(21)12-11-26(2)3/h5-10,14,21H,4,11-13H2,1-3H3. The molecule has 1 atom stereocenters. The van der Waals surface area contributed by atoms with Gasteiger partial charge in [-0.15, -0.1) is 0 Å². The number of hydrogen-bond acceptors (Lipinski definition) is 5. The van der Waals surface area contributed by atoms with Gasteiger partial charge in [-0.2, -0.15) is 0 Å². The smallest absolute Gasteiger partial charge is 0.290 e. The highest BCUT2D eigenvalue weighted by Crippen LogP contribution is 2.38. The predicted molar refractivity (Wildman–Crippen MR) is 116 cm³/mol. The Bertz CT molecular complexity index is 1170. The van der Waals surface area contributed by atoms with Crippen molar-refractivity contribution >= 4 is 16.9 Å². The maximum Gasteiger partial charge on any atom is 0.290 e. The van der Waals surface area contributed by atoms with Gasteiger partial charge in [0.05, 0.1) is 23.6 Å². The minimum atomic E-state index is -0.605. The second kappa shape index (κ2) is 8.51. The van der Waals surface area contributed by atoms with Crippen LogP contribution >= 0.6 is 0 Å². The molecule has 0 bridgehead atoms. The van der Waals surface area contributed by atoms with Crippen molar-refractivity contribution in [2.45, 2.75) is 19.4 Å². The second-order valence-electron chi connectivity index (χ2n) is 7.94. The zero-order valence-corrected chi connectivity index (χ0v) is 17.9. The first-order valence-electron chi connectivity index (χ1n) is 10.4. The Kier molecular flexibility index (Phi) is 5.78. The molecule has 2 heterocycles. The van der Waals surface area contributed by atoms with Crippen LogP contribution in [0.2, 0.25) is 0 Å². The van der Waals surface area contributed by atoms with Gasteiger partial charge in [0.2, 0.25) is 5.76 Å². The molecule has 7 heteroatoms. The highest BCUT2D eigenvalue weighted by atomic mass is 19.1. The monoisotopic (exact) mass is 424 g/mol. The van der Waals surface area contributed by atoms with Gasteiger partial charge in [0, 0.05) is 13.1 Å². The summed E-state index contributed by atoms with van der Waals surface area (Å²) in [5.74, 6) is -0.110. The highest BCUT2D eigenvalue weighted by Gasteiger charge is 2.42. The highest BCUT2D eigenvalue weighted by molar-refractivity contribution is 5.99. The van der Waals surface area contributed by atoms with E-state index in [0.29, 0.717) is 19.7 Å². The molecule has 6 nitrogen and oxygen atoms in total. The molecule has 3 aromatic rings. The van der Waals surface area contributed by atoms with Crippen molar-refractivity contribution in [1.82, 2.24) is 9.80 Å². The third kappa shape index (κ3) is 3.93. The molecule has 162 valence electrons. The Morgan fingerprint density at radius 3 is 2.55 bits per heavy atom. The molecule has 31 heavy (non-hydrogen) atoms. The summed E-state index contributed by atoms with van der Waals surface area (Å²) >= 11 is 0. The van der Waals surface area contributed by atoms with Crippen LogP contribution in [0, 0.1) is 5.82 Å². The first-order chi connectivity index (χ1) is 14.9. The lowest BCUT2D eigenvalue weighted by molar-refractivity contribution is 0.0716. The van der Waals surface area contributed by atoms with Crippen LogP contribution in [0.4, 0.5) is 4.39 Å². The van der Waals surface area contributed by atoms with Crippen LogP contribution in [0.15, 0.2) is 51.7 Å². The van der Waals surface area contributed by atoms with Gasteiger partial charge < -0.3 is 19.0 Å². The molecular weight excluding hydrogens is 399 g/mol. The number of carbonyl (C=O) groups is 1. The number of rotatable bonds is 7. The van der Waals surface area contributed by atoms with Crippen molar-refractivity contribution in [2.24, 2.45) is 0 Å². The van der Waals surface area contributed by atoms with Crippen molar-refractivity contribution in [2.75, 3.05) is 33.8 Å². The molecule has 0 radical (unpaired) electrons. The average Bonchev–Trinajstić information content (AvgIpc) is 3.03. The molecule has 0 saturated heterocycles. The summed E-state index contributed by atoms with van der Waals surface area (Å²) < 4.78 is 25.3. The van der Waals surface area contributed by atoms with E-state index >= 15 is 0 Å². The molecule has 4 rings (SSSR count). The number of nitrogens with zero attached hydrogens (tertiary/aromatic N) is 2. The van der Waals surface area contributed by atoms with E-state index in [1.54, 1.807) is 4.90 Å². The molecule has 0 spiro atoms.